The van der Waals surface area contributed by atoms with Crippen LogP contribution in [0.5, 0.6) is 5.75 Å². The number of ether oxygens (including phenoxy) is 1. The number of rotatable bonds is 6. The highest BCUT2D eigenvalue weighted by atomic mass is 16.5. The van der Waals surface area contributed by atoms with Crippen molar-refractivity contribution < 1.29 is 14.6 Å². The van der Waals surface area contributed by atoms with E-state index in [1.807, 2.05) is 30.3 Å². The van der Waals surface area contributed by atoms with Crippen molar-refractivity contribution in [2.75, 3.05) is 11.9 Å². The number of carbonyl (C=O) groups excluding carboxylic acids is 1. The molecule has 2 aromatic heterocycles. The number of hydrogen-bond acceptors (Lipinski definition) is 7. The lowest BCUT2D eigenvalue weighted by atomic mass is 10.2. The highest BCUT2D eigenvalue weighted by Gasteiger charge is 2.19. The first-order valence-electron chi connectivity index (χ1n) is 9.16. The van der Waals surface area contributed by atoms with E-state index < -0.39 is 5.97 Å². The standard InChI is InChI=1S/C21H19N5O3/c1-2-29-20(28)17-13-23-21(22-12-14-7-4-3-5-8-14)26-19(17)24-18(25-26)15-9-6-10-16(27)11-15/h3-11,13,27H,2,12H2,1H3,(H,22,23). The van der Waals surface area contributed by atoms with Crippen molar-refractivity contribution >= 4 is 17.6 Å². The van der Waals surface area contributed by atoms with E-state index in [2.05, 4.69) is 20.4 Å². The molecule has 0 fully saturated rings. The molecule has 8 heteroatoms. The molecule has 0 amide bonds. The van der Waals surface area contributed by atoms with Crippen LogP contribution in [0.4, 0.5) is 5.95 Å². The van der Waals surface area contributed by atoms with Gasteiger partial charge in [0.1, 0.15) is 11.3 Å². The number of carbonyl (C=O) groups is 1. The predicted molar refractivity (Wildman–Crippen MR) is 108 cm³/mol. The third kappa shape index (κ3) is 3.86. The molecule has 0 atom stereocenters. The van der Waals surface area contributed by atoms with E-state index in [4.69, 9.17) is 4.74 Å². The van der Waals surface area contributed by atoms with Crippen LogP contribution in [0.25, 0.3) is 17.0 Å². The number of nitrogens with zero attached hydrogens (tertiary/aromatic N) is 4. The van der Waals surface area contributed by atoms with Gasteiger partial charge in [0.05, 0.1) is 6.61 Å². The molecule has 4 rings (SSSR count). The van der Waals surface area contributed by atoms with Crippen molar-refractivity contribution in [3.8, 4) is 17.1 Å². The van der Waals surface area contributed by atoms with Crippen LogP contribution >= 0.6 is 0 Å². The average molecular weight is 389 g/mol. The van der Waals surface area contributed by atoms with Crippen LogP contribution in [-0.2, 0) is 11.3 Å². The van der Waals surface area contributed by atoms with Crippen LogP contribution in [-0.4, -0.2) is 37.3 Å². The number of fused-ring (bicyclic) bond motifs is 1. The maximum atomic E-state index is 12.3. The lowest BCUT2D eigenvalue weighted by molar-refractivity contribution is 0.0527. The number of benzene rings is 2. The van der Waals surface area contributed by atoms with Crippen LogP contribution in [0.2, 0.25) is 0 Å². The topological polar surface area (TPSA) is 102 Å². The number of phenols is 1. The molecular weight excluding hydrogens is 370 g/mol. The molecule has 0 aliphatic heterocycles. The maximum Gasteiger partial charge on any atom is 0.343 e. The second kappa shape index (κ2) is 7.97. The Morgan fingerprint density at radius 2 is 2.00 bits per heavy atom. The normalized spacial score (nSPS) is 10.8. The van der Waals surface area contributed by atoms with Gasteiger partial charge in [-0.15, -0.1) is 5.10 Å². The van der Waals surface area contributed by atoms with Crippen molar-refractivity contribution in [3.05, 3.63) is 71.9 Å². The Kier molecular flexibility index (Phi) is 5.07. The Morgan fingerprint density at radius 3 is 2.76 bits per heavy atom. The maximum absolute atomic E-state index is 12.3. The van der Waals surface area contributed by atoms with Crippen LogP contribution < -0.4 is 5.32 Å². The summed E-state index contributed by atoms with van der Waals surface area (Å²) in [5.41, 5.74) is 2.24. The molecule has 2 heterocycles. The number of hydrogen-bond donors (Lipinski definition) is 2. The zero-order valence-corrected chi connectivity index (χ0v) is 15.7. The smallest absolute Gasteiger partial charge is 0.343 e. The molecule has 0 aliphatic rings. The molecule has 0 saturated carbocycles. The monoisotopic (exact) mass is 389 g/mol. The average Bonchev–Trinajstić information content (AvgIpc) is 3.18. The van der Waals surface area contributed by atoms with Gasteiger partial charge >= 0.3 is 5.97 Å². The van der Waals surface area contributed by atoms with Gasteiger partial charge < -0.3 is 15.2 Å². The summed E-state index contributed by atoms with van der Waals surface area (Å²) in [7, 11) is 0. The Hall–Kier alpha value is -3.94. The molecule has 29 heavy (non-hydrogen) atoms. The Labute approximate surface area is 166 Å². The first-order valence-corrected chi connectivity index (χ1v) is 9.16. The van der Waals surface area contributed by atoms with E-state index in [-0.39, 0.29) is 17.9 Å². The lowest BCUT2D eigenvalue weighted by Crippen LogP contribution is -2.12. The molecule has 4 aromatic rings. The first kappa shape index (κ1) is 18.4. The van der Waals surface area contributed by atoms with E-state index in [0.717, 1.165) is 5.56 Å². The summed E-state index contributed by atoms with van der Waals surface area (Å²) in [5.74, 6) is 0.389. The largest absolute Gasteiger partial charge is 0.508 e. The fraction of sp³-hybridized carbons (Fsp3) is 0.143. The third-order valence-corrected chi connectivity index (χ3v) is 4.26. The Bertz CT molecular complexity index is 1160. The van der Waals surface area contributed by atoms with E-state index >= 15 is 0 Å². The van der Waals surface area contributed by atoms with Gasteiger partial charge in [-0.1, -0.05) is 42.5 Å². The number of phenolic OH excluding ortho intramolecular Hbond substituents is 1. The molecule has 0 spiro atoms. The molecule has 0 saturated heterocycles. The highest BCUT2D eigenvalue weighted by molar-refractivity contribution is 5.96. The number of aromatic nitrogens is 4. The van der Waals surface area contributed by atoms with E-state index in [9.17, 15) is 9.90 Å². The fourth-order valence-corrected chi connectivity index (χ4v) is 2.89. The highest BCUT2D eigenvalue weighted by Crippen LogP contribution is 2.23. The van der Waals surface area contributed by atoms with Crippen LogP contribution in [0.1, 0.15) is 22.8 Å². The number of esters is 1. The Balaban J connectivity index is 1.77. The second-order valence-corrected chi connectivity index (χ2v) is 6.28. The van der Waals surface area contributed by atoms with Crippen molar-refractivity contribution in [3.63, 3.8) is 0 Å². The van der Waals surface area contributed by atoms with Gasteiger partial charge in [-0.2, -0.15) is 4.52 Å². The second-order valence-electron chi connectivity index (χ2n) is 6.28. The zero-order valence-electron chi connectivity index (χ0n) is 15.7. The van der Waals surface area contributed by atoms with Gasteiger partial charge in [0.15, 0.2) is 11.5 Å². The van der Waals surface area contributed by atoms with E-state index in [0.29, 0.717) is 29.5 Å². The van der Waals surface area contributed by atoms with Crippen molar-refractivity contribution in [1.29, 1.82) is 0 Å². The molecule has 0 radical (unpaired) electrons. The summed E-state index contributed by atoms with van der Waals surface area (Å²) in [6.07, 6.45) is 1.43. The van der Waals surface area contributed by atoms with Crippen molar-refractivity contribution in [2.24, 2.45) is 0 Å². The predicted octanol–water partition coefficient (Wildman–Crippen LogP) is 3.29. The van der Waals surface area contributed by atoms with Gasteiger partial charge in [-0.3, -0.25) is 0 Å². The molecule has 0 bridgehead atoms. The molecule has 0 aliphatic carbocycles. The number of aromatic hydroxyl groups is 1. The minimum Gasteiger partial charge on any atom is -0.508 e. The SMILES string of the molecule is CCOC(=O)c1cnc(NCc2ccccc2)n2nc(-c3cccc(O)c3)nc12. The first-order chi connectivity index (χ1) is 14.2. The molecule has 8 nitrogen and oxygen atoms in total. The van der Waals surface area contributed by atoms with Crippen LogP contribution in [0.3, 0.4) is 0 Å². The van der Waals surface area contributed by atoms with E-state index in [1.54, 1.807) is 31.2 Å². The van der Waals surface area contributed by atoms with Gasteiger partial charge in [0, 0.05) is 18.3 Å². The summed E-state index contributed by atoms with van der Waals surface area (Å²) in [5, 5.41) is 17.5. The quantitative estimate of drug-likeness (QED) is 0.488. The minimum atomic E-state index is -0.519. The number of nitrogens with one attached hydrogen (secondary N) is 1. The molecule has 146 valence electrons. The minimum absolute atomic E-state index is 0.104. The summed E-state index contributed by atoms with van der Waals surface area (Å²) in [6, 6.07) is 16.5. The summed E-state index contributed by atoms with van der Waals surface area (Å²) in [4.78, 5) is 21.2. The molecular formula is C21H19N5O3. The van der Waals surface area contributed by atoms with Gasteiger partial charge in [-0.05, 0) is 24.6 Å². The van der Waals surface area contributed by atoms with Crippen LogP contribution in [0.15, 0.2) is 60.8 Å². The molecule has 2 aromatic carbocycles. The summed E-state index contributed by atoms with van der Waals surface area (Å²) >= 11 is 0. The molecule has 0 unspecified atom stereocenters. The van der Waals surface area contributed by atoms with Gasteiger partial charge in [0.25, 0.3) is 0 Å². The zero-order chi connectivity index (χ0) is 20.2. The lowest BCUT2D eigenvalue weighted by Gasteiger charge is -2.09. The van der Waals surface area contributed by atoms with Crippen molar-refractivity contribution in [2.45, 2.75) is 13.5 Å². The fourth-order valence-electron chi connectivity index (χ4n) is 2.89. The van der Waals surface area contributed by atoms with E-state index in [1.165, 1.54) is 10.7 Å². The van der Waals surface area contributed by atoms with Crippen LogP contribution in [0, 0.1) is 0 Å². The van der Waals surface area contributed by atoms with Gasteiger partial charge in [-0.25, -0.2) is 14.8 Å². The van der Waals surface area contributed by atoms with Gasteiger partial charge in [0.2, 0.25) is 5.95 Å². The summed E-state index contributed by atoms with van der Waals surface area (Å²) in [6.45, 7) is 2.51. The molecule has 2 N–H and O–H groups in total. The van der Waals surface area contributed by atoms with Crippen molar-refractivity contribution in [1.82, 2.24) is 19.6 Å². The Morgan fingerprint density at radius 1 is 1.17 bits per heavy atom. The summed E-state index contributed by atoms with van der Waals surface area (Å²) < 4.78 is 6.60. The third-order valence-electron chi connectivity index (χ3n) is 4.26. The number of anilines is 1.